The maximum Gasteiger partial charge on any atom is 0.237 e. The molecule has 1 fully saturated rings. The number of nitrogens with zero attached hydrogens (tertiary/aromatic N) is 1. The Bertz CT molecular complexity index is 535. The van der Waals surface area contributed by atoms with Crippen LogP contribution in [0.3, 0.4) is 0 Å². The molecule has 138 valence electrons. The number of carbonyl (C=O) groups is 1. The van der Waals surface area contributed by atoms with E-state index in [9.17, 15) is 4.79 Å². The highest BCUT2D eigenvalue weighted by Crippen LogP contribution is 2.30. The molecule has 2 atom stereocenters. The van der Waals surface area contributed by atoms with E-state index in [0.717, 1.165) is 30.9 Å². The minimum Gasteiger partial charge on any atom is -0.495 e. The quantitative estimate of drug-likeness (QED) is 0.845. The first-order valence-electron chi connectivity index (χ1n) is 7.77. The van der Waals surface area contributed by atoms with Gasteiger partial charge in [0, 0.05) is 19.1 Å². The summed E-state index contributed by atoms with van der Waals surface area (Å²) < 4.78 is 5.41. The molecule has 0 aliphatic carbocycles. The van der Waals surface area contributed by atoms with Gasteiger partial charge in [0.1, 0.15) is 5.75 Å². The summed E-state index contributed by atoms with van der Waals surface area (Å²) in [5.41, 5.74) is 6.86. The SMILES string of the molecule is COc1ccccc1N1CCC(NC(=O)[C@@H](N)C(C)(C)C)C1.Cl.Cl. The molecular formula is C17H29Cl2N3O2. The third-order valence-electron chi connectivity index (χ3n) is 4.18. The van der Waals surface area contributed by atoms with E-state index in [4.69, 9.17) is 10.5 Å². The molecule has 0 saturated carbocycles. The van der Waals surface area contributed by atoms with Crippen molar-refractivity contribution in [1.82, 2.24) is 5.32 Å². The predicted molar refractivity (Wildman–Crippen MR) is 104 cm³/mol. The number of para-hydroxylation sites is 2. The van der Waals surface area contributed by atoms with Gasteiger partial charge in [-0.2, -0.15) is 0 Å². The Kier molecular flexibility index (Phi) is 8.89. The van der Waals surface area contributed by atoms with Crippen molar-refractivity contribution in [3.05, 3.63) is 24.3 Å². The molecule has 1 aliphatic heterocycles. The van der Waals surface area contributed by atoms with Gasteiger partial charge in [0.15, 0.2) is 0 Å². The molecule has 1 aromatic carbocycles. The van der Waals surface area contributed by atoms with Crippen molar-refractivity contribution in [3.63, 3.8) is 0 Å². The predicted octanol–water partition coefficient (Wildman–Crippen LogP) is 2.61. The first kappa shape index (κ1) is 22.8. The summed E-state index contributed by atoms with van der Waals surface area (Å²) in [7, 11) is 1.68. The van der Waals surface area contributed by atoms with Gasteiger partial charge in [-0.15, -0.1) is 24.8 Å². The molecule has 2 rings (SSSR count). The highest BCUT2D eigenvalue weighted by atomic mass is 35.5. The van der Waals surface area contributed by atoms with E-state index in [-0.39, 0.29) is 42.2 Å². The van der Waals surface area contributed by atoms with Crippen LogP contribution < -0.4 is 20.7 Å². The minimum absolute atomic E-state index is 0. The number of methoxy groups -OCH3 is 1. The van der Waals surface area contributed by atoms with E-state index in [0.29, 0.717) is 0 Å². The Morgan fingerprint density at radius 2 is 1.96 bits per heavy atom. The molecule has 1 aliphatic rings. The van der Waals surface area contributed by atoms with Crippen molar-refractivity contribution in [3.8, 4) is 5.75 Å². The first-order valence-corrected chi connectivity index (χ1v) is 7.77. The Hall–Kier alpha value is -1.17. The first-order chi connectivity index (χ1) is 10.3. The number of carbonyl (C=O) groups excluding carboxylic acids is 1. The molecule has 7 heteroatoms. The summed E-state index contributed by atoms with van der Waals surface area (Å²) in [6.45, 7) is 7.62. The molecular weight excluding hydrogens is 349 g/mol. The number of hydrogen-bond acceptors (Lipinski definition) is 4. The van der Waals surface area contributed by atoms with Gasteiger partial charge in [-0.3, -0.25) is 4.79 Å². The Morgan fingerprint density at radius 3 is 2.54 bits per heavy atom. The number of ether oxygens (including phenoxy) is 1. The molecule has 5 nitrogen and oxygen atoms in total. The molecule has 0 aromatic heterocycles. The lowest BCUT2D eigenvalue weighted by Gasteiger charge is -2.27. The third-order valence-corrected chi connectivity index (χ3v) is 4.18. The summed E-state index contributed by atoms with van der Waals surface area (Å²) >= 11 is 0. The molecule has 1 heterocycles. The van der Waals surface area contributed by atoms with E-state index < -0.39 is 6.04 Å². The monoisotopic (exact) mass is 377 g/mol. The summed E-state index contributed by atoms with van der Waals surface area (Å²) in [5, 5.41) is 3.08. The van der Waals surface area contributed by atoms with E-state index in [1.54, 1.807) is 7.11 Å². The molecule has 3 N–H and O–H groups in total. The van der Waals surface area contributed by atoms with Crippen molar-refractivity contribution in [1.29, 1.82) is 0 Å². The van der Waals surface area contributed by atoms with Crippen LogP contribution >= 0.6 is 24.8 Å². The Labute approximate surface area is 157 Å². The summed E-state index contributed by atoms with van der Waals surface area (Å²) in [6, 6.07) is 7.60. The molecule has 0 bridgehead atoms. The maximum absolute atomic E-state index is 12.2. The van der Waals surface area contributed by atoms with Crippen molar-refractivity contribution >= 4 is 36.4 Å². The molecule has 1 aromatic rings. The highest BCUT2D eigenvalue weighted by molar-refractivity contribution is 5.85. The summed E-state index contributed by atoms with van der Waals surface area (Å²) in [6.07, 6.45) is 0.917. The van der Waals surface area contributed by atoms with Crippen LogP contribution in [0.15, 0.2) is 24.3 Å². The molecule has 0 radical (unpaired) electrons. The fraction of sp³-hybridized carbons (Fsp3) is 0.588. The molecule has 1 unspecified atom stereocenters. The van der Waals surface area contributed by atoms with Crippen molar-refractivity contribution in [2.45, 2.75) is 39.3 Å². The fourth-order valence-corrected chi connectivity index (χ4v) is 2.67. The largest absolute Gasteiger partial charge is 0.495 e. The van der Waals surface area contributed by atoms with Crippen LogP contribution in [0.2, 0.25) is 0 Å². The molecule has 1 amide bonds. The molecule has 1 saturated heterocycles. The zero-order chi connectivity index (χ0) is 16.3. The zero-order valence-corrected chi connectivity index (χ0v) is 16.4. The number of anilines is 1. The van der Waals surface area contributed by atoms with Crippen LogP contribution in [0.1, 0.15) is 27.2 Å². The number of amides is 1. The lowest BCUT2D eigenvalue weighted by atomic mass is 9.87. The smallest absolute Gasteiger partial charge is 0.237 e. The third kappa shape index (κ3) is 5.43. The molecule has 24 heavy (non-hydrogen) atoms. The normalized spacial score (nSPS) is 18.2. The van der Waals surface area contributed by atoms with Crippen LogP contribution in [0.4, 0.5) is 5.69 Å². The van der Waals surface area contributed by atoms with E-state index >= 15 is 0 Å². The van der Waals surface area contributed by atoms with Gasteiger partial charge in [-0.25, -0.2) is 0 Å². The number of rotatable bonds is 4. The lowest BCUT2D eigenvalue weighted by molar-refractivity contribution is -0.125. The summed E-state index contributed by atoms with van der Waals surface area (Å²) in [4.78, 5) is 14.5. The van der Waals surface area contributed by atoms with E-state index in [2.05, 4.69) is 10.2 Å². The van der Waals surface area contributed by atoms with E-state index in [1.165, 1.54) is 0 Å². The van der Waals surface area contributed by atoms with Gasteiger partial charge in [-0.05, 0) is 24.0 Å². The standard InChI is InChI=1S/C17H27N3O2.2ClH/c1-17(2,3)15(18)16(21)19-12-9-10-20(11-12)13-7-5-6-8-14(13)22-4;;/h5-8,12,15H,9-11,18H2,1-4H3,(H,19,21);2*1H/t12?,15-;;/m1../s1. The number of nitrogens with two attached hydrogens (primary N) is 1. The zero-order valence-electron chi connectivity index (χ0n) is 14.7. The van der Waals surface area contributed by atoms with Crippen molar-refractivity contribution in [2.75, 3.05) is 25.1 Å². The van der Waals surface area contributed by atoms with Gasteiger partial charge in [0.05, 0.1) is 18.8 Å². The Balaban J connectivity index is 0.00000264. The van der Waals surface area contributed by atoms with Gasteiger partial charge < -0.3 is 20.7 Å². The maximum atomic E-state index is 12.2. The average Bonchev–Trinajstić information content (AvgIpc) is 2.93. The van der Waals surface area contributed by atoms with Crippen molar-refractivity contribution < 1.29 is 9.53 Å². The van der Waals surface area contributed by atoms with E-state index in [1.807, 2.05) is 45.0 Å². The summed E-state index contributed by atoms with van der Waals surface area (Å²) in [5.74, 6) is 0.792. The van der Waals surface area contributed by atoms with Crippen LogP contribution in [-0.2, 0) is 4.79 Å². The van der Waals surface area contributed by atoms with Crippen LogP contribution in [0.5, 0.6) is 5.75 Å². The number of benzene rings is 1. The van der Waals surface area contributed by atoms with Gasteiger partial charge >= 0.3 is 0 Å². The second-order valence-corrected chi connectivity index (χ2v) is 6.96. The van der Waals surface area contributed by atoms with Gasteiger partial charge in [0.25, 0.3) is 0 Å². The van der Waals surface area contributed by atoms with Crippen LogP contribution in [0.25, 0.3) is 0 Å². The second kappa shape index (κ2) is 9.35. The molecule has 0 spiro atoms. The second-order valence-electron chi connectivity index (χ2n) is 6.96. The lowest BCUT2D eigenvalue weighted by Crippen LogP contribution is -2.51. The Morgan fingerprint density at radius 1 is 1.33 bits per heavy atom. The average molecular weight is 378 g/mol. The van der Waals surface area contributed by atoms with Crippen LogP contribution in [0, 0.1) is 5.41 Å². The highest BCUT2D eigenvalue weighted by Gasteiger charge is 2.31. The fourth-order valence-electron chi connectivity index (χ4n) is 2.67. The topological polar surface area (TPSA) is 67.6 Å². The minimum atomic E-state index is -0.493. The number of nitrogens with one attached hydrogen (secondary N) is 1. The van der Waals surface area contributed by atoms with Gasteiger partial charge in [0.2, 0.25) is 5.91 Å². The van der Waals surface area contributed by atoms with Gasteiger partial charge in [-0.1, -0.05) is 32.9 Å². The van der Waals surface area contributed by atoms with Crippen LogP contribution in [-0.4, -0.2) is 38.2 Å². The number of halogens is 2. The number of hydrogen-bond donors (Lipinski definition) is 2. The van der Waals surface area contributed by atoms with Crippen molar-refractivity contribution in [2.24, 2.45) is 11.1 Å².